The van der Waals surface area contributed by atoms with Crippen molar-refractivity contribution >= 4 is 29.3 Å². The first-order chi connectivity index (χ1) is 22.6. The maximum Gasteiger partial charge on any atom is 0.410 e. The van der Waals surface area contributed by atoms with Crippen molar-refractivity contribution in [3.63, 3.8) is 0 Å². The van der Waals surface area contributed by atoms with Gasteiger partial charge in [-0.05, 0) is 52.8 Å². The number of carbonyl (C=O) groups excluding carboxylic acids is 2. The van der Waals surface area contributed by atoms with Crippen LogP contribution >= 0.6 is 0 Å². The molecule has 2 amide bonds. The molecule has 0 unspecified atom stereocenters. The van der Waals surface area contributed by atoms with E-state index < -0.39 is 23.4 Å². The molecule has 1 aliphatic heterocycles. The molecule has 0 saturated carbocycles. The zero-order valence-electron chi connectivity index (χ0n) is 28.5. The minimum absolute atomic E-state index is 0.0781. The number of nitrogens with zero attached hydrogens (tertiary/aromatic N) is 7. The van der Waals surface area contributed by atoms with Gasteiger partial charge in [-0.25, -0.2) is 24.1 Å². The maximum atomic E-state index is 15.3. The van der Waals surface area contributed by atoms with Gasteiger partial charge in [-0.1, -0.05) is 38.1 Å². The van der Waals surface area contributed by atoms with Crippen molar-refractivity contribution in [3.8, 4) is 11.3 Å². The van der Waals surface area contributed by atoms with Crippen molar-refractivity contribution in [1.82, 2.24) is 35.3 Å². The number of hydrogen-bond donors (Lipinski definition) is 2. The SMILES string of the molecule is C[C@@H](NC(=O)c1nc(C(C)(C)C)no1)c1ccc(-c2cc(Nc3ccc(N4CCN(C(=O)OC(C)(C)C)C[C@@H]4C)cn3)ncn2)cc1F. The molecule has 0 bridgehead atoms. The lowest BCUT2D eigenvalue weighted by Gasteiger charge is -2.41. The monoisotopic (exact) mass is 659 g/mol. The molecule has 48 heavy (non-hydrogen) atoms. The second-order valence-electron chi connectivity index (χ2n) is 13.9. The fraction of sp³-hybridized carbons (Fsp3) is 0.441. The number of pyridine rings is 1. The number of rotatable bonds is 7. The van der Waals surface area contributed by atoms with Crippen molar-refractivity contribution in [2.75, 3.05) is 29.9 Å². The van der Waals surface area contributed by atoms with Crippen LogP contribution in [0.5, 0.6) is 0 Å². The Morgan fingerprint density at radius 2 is 1.79 bits per heavy atom. The molecular weight excluding hydrogens is 617 g/mol. The van der Waals surface area contributed by atoms with Gasteiger partial charge in [0.15, 0.2) is 5.82 Å². The largest absolute Gasteiger partial charge is 0.444 e. The van der Waals surface area contributed by atoms with Gasteiger partial charge in [0, 0.05) is 48.3 Å². The summed E-state index contributed by atoms with van der Waals surface area (Å²) in [7, 11) is 0. The molecule has 1 saturated heterocycles. The fourth-order valence-electron chi connectivity index (χ4n) is 5.17. The number of anilines is 3. The van der Waals surface area contributed by atoms with Crippen molar-refractivity contribution in [1.29, 1.82) is 0 Å². The van der Waals surface area contributed by atoms with E-state index in [4.69, 9.17) is 9.26 Å². The maximum absolute atomic E-state index is 15.3. The Kier molecular flexibility index (Phi) is 9.64. The van der Waals surface area contributed by atoms with Crippen LogP contribution in [0, 0.1) is 5.82 Å². The summed E-state index contributed by atoms with van der Waals surface area (Å²) in [6.07, 6.45) is 2.87. The summed E-state index contributed by atoms with van der Waals surface area (Å²) in [6, 6.07) is 9.64. The first-order valence-corrected chi connectivity index (χ1v) is 15.8. The Morgan fingerprint density at radius 1 is 1.02 bits per heavy atom. The molecule has 2 N–H and O–H groups in total. The number of ether oxygens (including phenoxy) is 1. The number of piperazine rings is 1. The van der Waals surface area contributed by atoms with Gasteiger partial charge in [-0.3, -0.25) is 4.79 Å². The topological polar surface area (TPSA) is 152 Å². The van der Waals surface area contributed by atoms with E-state index in [2.05, 4.69) is 47.5 Å². The zero-order valence-corrected chi connectivity index (χ0v) is 28.5. The van der Waals surface area contributed by atoms with Gasteiger partial charge in [0.2, 0.25) is 0 Å². The highest BCUT2D eigenvalue weighted by Crippen LogP contribution is 2.27. The summed E-state index contributed by atoms with van der Waals surface area (Å²) >= 11 is 0. The lowest BCUT2D eigenvalue weighted by molar-refractivity contribution is 0.0218. The molecule has 13 nitrogen and oxygen atoms in total. The third-order valence-corrected chi connectivity index (χ3v) is 7.68. The van der Waals surface area contributed by atoms with Crippen LogP contribution in [0.3, 0.4) is 0 Å². The number of amides is 2. The Morgan fingerprint density at radius 3 is 2.42 bits per heavy atom. The molecule has 0 aliphatic carbocycles. The van der Waals surface area contributed by atoms with E-state index in [1.165, 1.54) is 12.4 Å². The Balaban J connectivity index is 1.20. The van der Waals surface area contributed by atoms with Crippen LogP contribution in [-0.4, -0.2) is 73.3 Å². The van der Waals surface area contributed by atoms with E-state index >= 15 is 4.39 Å². The predicted molar refractivity (Wildman–Crippen MR) is 178 cm³/mol. The molecule has 3 aromatic heterocycles. The number of nitrogens with one attached hydrogen (secondary N) is 2. The molecule has 1 aromatic carbocycles. The van der Waals surface area contributed by atoms with E-state index in [0.717, 1.165) is 5.69 Å². The lowest BCUT2D eigenvalue weighted by Crippen LogP contribution is -2.54. The molecule has 4 heterocycles. The summed E-state index contributed by atoms with van der Waals surface area (Å²) < 4.78 is 25.9. The van der Waals surface area contributed by atoms with Crippen LogP contribution in [0.2, 0.25) is 0 Å². The van der Waals surface area contributed by atoms with E-state index in [1.807, 2.05) is 53.7 Å². The fourth-order valence-corrected chi connectivity index (χ4v) is 5.17. The molecule has 14 heteroatoms. The van der Waals surface area contributed by atoms with Crippen molar-refractivity contribution < 1.29 is 23.2 Å². The second-order valence-corrected chi connectivity index (χ2v) is 13.9. The van der Waals surface area contributed by atoms with Gasteiger partial charge >= 0.3 is 17.9 Å². The Labute approximate surface area is 279 Å². The van der Waals surface area contributed by atoms with E-state index in [1.54, 1.807) is 36.2 Å². The third-order valence-electron chi connectivity index (χ3n) is 7.68. The molecule has 0 spiro atoms. The standard InChI is InChI=1S/C34H42FN9O4/c1-20-18-43(32(46)47-34(6,7)8)13-14-44(20)23-10-12-27(36-17-23)40-28-16-26(37-19-38-28)22-9-11-24(25(35)15-22)21(2)39-29(45)30-41-31(42-48-30)33(3,4)5/h9-12,15-17,19-21H,13-14,18H2,1-8H3,(H,39,45)(H,36,37,38,40)/t20-,21+/m0/s1. The summed E-state index contributed by atoms with van der Waals surface area (Å²) in [5.41, 5.74) is 1.35. The van der Waals surface area contributed by atoms with Crippen molar-refractivity contribution in [2.24, 2.45) is 0 Å². The van der Waals surface area contributed by atoms with Gasteiger partial charge < -0.3 is 29.7 Å². The molecule has 4 aromatic rings. The highest BCUT2D eigenvalue weighted by molar-refractivity contribution is 5.89. The highest BCUT2D eigenvalue weighted by Gasteiger charge is 2.30. The van der Waals surface area contributed by atoms with Crippen LogP contribution in [0.15, 0.2) is 53.4 Å². The number of halogens is 1. The van der Waals surface area contributed by atoms with E-state index in [9.17, 15) is 9.59 Å². The lowest BCUT2D eigenvalue weighted by atomic mass is 9.96. The average Bonchev–Trinajstić information content (AvgIpc) is 3.53. The first-order valence-electron chi connectivity index (χ1n) is 15.8. The van der Waals surface area contributed by atoms with Crippen LogP contribution in [0.1, 0.15) is 83.5 Å². The minimum atomic E-state index is -0.662. The van der Waals surface area contributed by atoms with Crippen LogP contribution < -0.4 is 15.5 Å². The molecule has 0 radical (unpaired) electrons. The van der Waals surface area contributed by atoms with Crippen LogP contribution in [0.4, 0.5) is 26.5 Å². The van der Waals surface area contributed by atoms with Crippen LogP contribution in [0.25, 0.3) is 11.3 Å². The number of carbonyl (C=O) groups is 2. The number of benzene rings is 1. The predicted octanol–water partition coefficient (Wildman–Crippen LogP) is 6.04. The number of hydrogen-bond acceptors (Lipinski definition) is 11. The van der Waals surface area contributed by atoms with Crippen molar-refractivity contribution in [3.05, 3.63) is 72.0 Å². The summed E-state index contributed by atoms with van der Waals surface area (Å²) in [5, 5.41) is 9.76. The first kappa shape index (κ1) is 34.2. The smallest absolute Gasteiger partial charge is 0.410 e. The average molecular weight is 660 g/mol. The van der Waals surface area contributed by atoms with Gasteiger partial charge in [-0.2, -0.15) is 4.98 Å². The summed E-state index contributed by atoms with van der Waals surface area (Å²) in [6.45, 7) is 16.8. The summed E-state index contributed by atoms with van der Waals surface area (Å²) in [4.78, 5) is 46.5. The Hall–Kier alpha value is -5.14. The molecular formula is C34H42FN9O4. The normalized spacial score (nSPS) is 16.0. The highest BCUT2D eigenvalue weighted by atomic mass is 19.1. The van der Waals surface area contributed by atoms with E-state index in [0.29, 0.717) is 53.9 Å². The molecule has 1 fully saturated rings. The van der Waals surface area contributed by atoms with Crippen molar-refractivity contribution in [2.45, 2.75) is 78.5 Å². The minimum Gasteiger partial charge on any atom is -0.444 e. The number of aromatic nitrogens is 5. The molecule has 5 rings (SSSR count). The third kappa shape index (κ3) is 8.22. The molecule has 254 valence electrons. The van der Waals surface area contributed by atoms with Crippen LogP contribution in [-0.2, 0) is 10.2 Å². The van der Waals surface area contributed by atoms with Gasteiger partial charge in [0.1, 0.15) is 29.4 Å². The summed E-state index contributed by atoms with van der Waals surface area (Å²) in [5.74, 6) is 0.195. The van der Waals surface area contributed by atoms with Gasteiger partial charge in [0.25, 0.3) is 0 Å². The van der Waals surface area contributed by atoms with Gasteiger partial charge in [-0.15, -0.1) is 0 Å². The zero-order chi connectivity index (χ0) is 34.8. The quantitative estimate of drug-likeness (QED) is 0.239. The molecule has 1 aliphatic rings. The molecule has 2 atom stereocenters. The van der Waals surface area contributed by atoms with Gasteiger partial charge in [0.05, 0.1) is 23.6 Å². The Bertz CT molecular complexity index is 1770. The second kappa shape index (κ2) is 13.5. The van der Waals surface area contributed by atoms with E-state index in [-0.39, 0.29) is 23.4 Å².